The average Bonchev–Trinajstić information content (AvgIpc) is 3.30. The molecule has 2 amide bonds. The van der Waals surface area contributed by atoms with Gasteiger partial charge in [0.15, 0.2) is 11.5 Å². The van der Waals surface area contributed by atoms with E-state index in [2.05, 4.69) is 15.8 Å². The number of nitrogens with zero attached hydrogens (tertiary/aromatic N) is 1. The molecule has 3 rings (SSSR count). The fourth-order valence-corrected chi connectivity index (χ4v) is 3.47. The van der Waals surface area contributed by atoms with Gasteiger partial charge in [0, 0.05) is 10.4 Å². The summed E-state index contributed by atoms with van der Waals surface area (Å²) in [6.45, 7) is 5.88. The second kappa shape index (κ2) is 8.88. The number of carbonyl (C=O) groups excluding carboxylic acids is 2. The van der Waals surface area contributed by atoms with Crippen molar-refractivity contribution in [3.63, 3.8) is 0 Å². The van der Waals surface area contributed by atoms with Gasteiger partial charge in [0.2, 0.25) is 12.7 Å². The van der Waals surface area contributed by atoms with Crippen molar-refractivity contribution in [1.29, 1.82) is 0 Å². The molecule has 1 aromatic carbocycles. The summed E-state index contributed by atoms with van der Waals surface area (Å²) in [6, 6.07) is 6.81. The summed E-state index contributed by atoms with van der Waals surface area (Å²) in [5, 5.41) is 8.76. The molecule has 2 aromatic rings. The number of thiophene rings is 1. The number of hydrazone groups is 1. The van der Waals surface area contributed by atoms with Crippen molar-refractivity contribution in [2.75, 3.05) is 6.79 Å². The standard InChI is InChI=1S/C20H23N3O4S/c1-12(2)19(22-18(24)9-15-5-4-6-28-15)20(25)23-21-10-14-8-17-16(7-13(14)3)26-11-27-17/h4-8,10,12,19H,9,11H2,1-3H3,(H,22,24)(H,23,25)/b21-10+. The fraction of sp³-hybridized carbons (Fsp3) is 0.350. The second-order valence-electron chi connectivity index (χ2n) is 6.84. The number of carbonyl (C=O) groups is 2. The van der Waals surface area contributed by atoms with Crippen LogP contribution in [0.15, 0.2) is 34.7 Å². The summed E-state index contributed by atoms with van der Waals surface area (Å²) in [7, 11) is 0. The minimum atomic E-state index is -0.664. The molecular formula is C20H23N3O4S. The Bertz CT molecular complexity index is 878. The van der Waals surface area contributed by atoms with Crippen molar-refractivity contribution >= 4 is 29.4 Å². The number of fused-ring (bicyclic) bond motifs is 1. The number of hydrogen-bond donors (Lipinski definition) is 2. The minimum absolute atomic E-state index is 0.0743. The SMILES string of the molecule is Cc1cc2c(cc1/C=N/NC(=O)C(NC(=O)Cc1cccs1)C(C)C)OCO2. The molecule has 1 aromatic heterocycles. The summed E-state index contributed by atoms with van der Waals surface area (Å²) in [5.41, 5.74) is 4.28. The van der Waals surface area contributed by atoms with Crippen LogP contribution in [0.1, 0.15) is 29.9 Å². The van der Waals surface area contributed by atoms with Crippen LogP contribution in [0.25, 0.3) is 0 Å². The largest absolute Gasteiger partial charge is 0.454 e. The molecule has 0 radical (unpaired) electrons. The maximum absolute atomic E-state index is 12.5. The Morgan fingerprint density at radius 3 is 2.71 bits per heavy atom. The lowest BCUT2D eigenvalue weighted by Crippen LogP contribution is -2.49. The van der Waals surface area contributed by atoms with Crippen molar-refractivity contribution in [1.82, 2.24) is 10.7 Å². The quantitative estimate of drug-likeness (QED) is 0.551. The lowest BCUT2D eigenvalue weighted by Gasteiger charge is -2.20. The van der Waals surface area contributed by atoms with Gasteiger partial charge < -0.3 is 14.8 Å². The molecule has 0 spiro atoms. The van der Waals surface area contributed by atoms with E-state index in [1.165, 1.54) is 11.3 Å². The van der Waals surface area contributed by atoms with Crippen LogP contribution in [0.4, 0.5) is 0 Å². The van der Waals surface area contributed by atoms with Gasteiger partial charge in [-0.15, -0.1) is 11.3 Å². The first-order valence-corrected chi connectivity index (χ1v) is 9.87. The molecule has 0 saturated heterocycles. The first-order valence-electron chi connectivity index (χ1n) is 8.99. The molecule has 7 nitrogen and oxygen atoms in total. The van der Waals surface area contributed by atoms with Crippen LogP contribution in [0.5, 0.6) is 11.5 Å². The van der Waals surface area contributed by atoms with Crippen LogP contribution >= 0.6 is 11.3 Å². The zero-order valence-corrected chi connectivity index (χ0v) is 16.8. The Labute approximate surface area is 167 Å². The first-order chi connectivity index (χ1) is 13.4. The number of amides is 2. The van der Waals surface area contributed by atoms with Crippen LogP contribution in [-0.4, -0.2) is 30.9 Å². The van der Waals surface area contributed by atoms with Crippen LogP contribution in [-0.2, 0) is 16.0 Å². The number of ether oxygens (including phenoxy) is 2. The van der Waals surface area contributed by atoms with Crippen LogP contribution in [0.3, 0.4) is 0 Å². The molecule has 0 bridgehead atoms. The molecule has 1 aliphatic heterocycles. The maximum Gasteiger partial charge on any atom is 0.262 e. The highest BCUT2D eigenvalue weighted by molar-refractivity contribution is 7.10. The minimum Gasteiger partial charge on any atom is -0.454 e. The van der Waals surface area contributed by atoms with E-state index in [0.29, 0.717) is 11.5 Å². The summed E-state index contributed by atoms with van der Waals surface area (Å²) in [4.78, 5) is 25.7. The van der Waals surface area contributed by atoms with Gasteiger partial charge in [-0.05, 0) is 42.0 Å². The lowest BCUT2D eigenvalue weighted by molar-refractivity contribution is -0.129. The molecule has 8 heteroatoms. The van der Waals surface area contributed by atoms with E-state index in [-0.39, 0.29) is 30.9 Å². The normalized spacial score (nSPS) is 13.7. The molecular weight excluding hydrogens is 378 g/mol. The highest BCUT2D eigenvalue weighted by Gasteiger charge is 2.24. The van der Waals surface area contributed by atoms with Gasteiger partial charge in [0.25, 0.3) is 5.91 Å². The van der Waals surface area contributed by atoms with Crippen LogP contribution < -0.4 is 20.2 Å². The molecule has 1 aliphatic rings. The van der Waals surface area contributed by atoms with E-state index in [1.54, 1.807) is 6.21 Å². The summed E-state index contributed by atoms with van der Waals surface area (Å²) in [6.07, 6.45) is 1.81. The number of benzene rings is 1. The van der Waals surface area contributed by atoms with Crippen molar-refractivity contribution in [3.05, 3.63) is 45.6 Å². The molecule has 0 aliphatic carbocycles. The van der Waals surface area contributed by atoms with Gasteiger partial charge in [-0.2, -0.15) is 5.10 Å². The Morgan fingerprint density at radius 2 is 2.04 bits per heavy atom. The van der Waals surface area contributed by atoms with Crippen molar-refractivity contribution in [2.45, 2.75) is 33.2 Å². The topological polar surface area (TPSA) is 89.0 Å². The Morgan fingerprint density at radius 1 is 1.29 bits per heavy atom. The zero-order chi connectivity index (χ0) is 20.1. The highest BCUT2D eigenvalue weighted by atomic mass is 32.1. The molecule has 1 unspecified atom stereocenters. The predicted octanol–water partition coefficient (Wildman–Crippen LogP) is 2.62. The lowest BCUT2D eigenvalue weighted by atomic mass is 10.0. The molecule has 1 atom stereocenters. The third-order valence-electron chi connectivity index (χ3n) is 4.32. The van der Waals surface area contributed by atoms with Gasteiger partial charge in [-0.3, -0.25) is 9.59 Å². The van der Waals surface area contributed by atoms with Crippen LogP contribution in [0, 0.1) is 12.8 Å². The van der Waals surface area contributed by atoms with E-state index in [0.717, 1.165) is 16.0 Å². The maximum atomic E-state index is 12.5. The van der Waals surface area contributed by atoms with Gasteiger partial charge >= 0.3 is 0 Å². The predicted molar refractivity (Wildman–Crippen MR) is 108 cm³/mol. The Balaban J connectivity index is 1.59. The summed E-state index contributed by atoms with van der Waals surface area (Å²) in [5.74, 6) is 0.733. The summed E-state index contributed by atoms with van der Waals surface area (Å²) < 4.78 is 10.7. The third-order valence-corrected chi connectivity index (χ3v) is 5.20. The average molecular weight is 401 g/mol. The van der Waals surface area contributed by atoms with E-state index >= 15 is 0 Å². The molecule has 2 N–H and O–H groups in total. The van der Waals surface area contributed by atoms with Gasteiger partial charge in [-0.25, -0.2) is 5.43 Å². The van der Waals surface area contributed by atoms with E-state index < -0.39 is 6.04 Å². The van der Waals surface area contributed by atoms with Gasteiger partial charge in [0.05, 0.1) is 12.6 Å². The summed E-state index contributed by atoms with van der Waals surface area (Å²) >= 11 is 1.51. The van der Waals surface area contributed by atoms with Crippen LogP contribution in [0.2, 0.25) is 0 Å². The van der Waals surface area contributed by atoms with Crippen molar-refractivity contribution in [2.24, 2.45) is 11.0 Å². The monoisotopic (exact) mass is 401 g/mol. The first kappa shape index (κ1) is 19.9. The van der Waals surface area contributed by atoms with Gasteiger partial charge in [-0.1, -0.05) is 19.9 Å². The van der Waals surface area contributed by atoms with Crippen molar-refractivity contribution < 1.29 is 19.1 Å². The zero-order valence-electron chi connectivity index (χ0n) is 16.0. The molecule has 0 fully saturated rings. The number of rotatable bonds is 7. The third kappa shape index (κ3) is 4.89. The number of hydrogen-bond acceptors (Lipinski definition) is 6. The second-order valence-corrected chi connectivity index (χ2v) is 7.87. The van der Waals surface area contributed by atoms with Gasteiger partial charge in [0.1, 0.15) is 6.04 Å². The van der Waals surface area contributed by atoms with Crippen molar-refractivity contribution in [3.8, 4) is 11.5 Å². The van der Waals surface area contributed by atoms with E-state index in [1.807, 2.05) is 50.4 Å². The number of aryl methyl sites for hydroxylation is 1. The molecule has 0 saturated carbocycles. The highest BCUT2D eigenvalue weighted by Crippen LogP contribution is 2.34. The smallest absolute Gasteiger partial charge is 0.262 e. The number of nitrogens with one attached hydrogen (secondary N) is 2. The molecule has 2 heterocycles. The Kier molecular flexibility index (Phi) is 6.30. The van der Waals surface area contributed by atoms with E-state index in [4.69, 9.17) is 9.47 Å². The molecule has 28 heavy (non-hydrogen) atoms. The fourth-order valence-electron chi connectivity index (χ4n) is 2.76. The Hall–Kier alpha value is -2.87. The van der Waals surface area contributed by atoms with E-state index in [9.17, 15) is 9.59 Å². The molecule has 148 valence electrons.